The Hall–Kier alpha value is -2.70. The summed E-state index contributed by atoms with van der Waals surface area (Å²) < 4.78 is 18.4. The molecule has 1 fully saturated rings. The van der Waals surface area contributed by atoms with Crippen LogP contribution in [-0.4, -0.2) is 53.6 Å². The molecule has 1 aromatic heterocycles. The molecular weight excluding hydrogens is 347 g/mol. The Balaban J connectivity index is 1.58. The number of hydrogen-bond acceptors (Lipinski definition) is 5. The number of hydrogen-bond donors (Lipinski definition) is 0. The lowest BCUT2D eigenvalue weighted by Crippen LogP contribution is -2.38. The number of aryl methyl sites for hydroxylation is 2. The number of halogens is 1. The van der Waals surface area contributed by atoms with Crippen molar-refractivity contribution in [3.8, 4) is 5.75 Å². The van der Waals surface area contributed by atoms with Crippen LogP contribution in [-0.2, 0) is 11.2 Å². The highest BCUT2D eigenvalue weighted by Crippen LogP contribution is 2.20. The Morgan fingerprint density at radius 1 is 1.19 bits per heavy atom. The van der Waals surface area contributed by atoms with Crippen LogP contribution >= 0.6 is 0 Å². The molecule has 0 spiro atoms. The predicted octanol–water partition coefficient (Wildman–Crippen LogP) is 2.60. The van der Waals surface area contributed by atoms with Crippen LogP contribution in [0.1, 0.15) is 24.7 Å². The quantitative estimate of drug-likeness (QED) is 0.808. The second-order valence-electron chi connectivity index (χ2n) is 6.58. The second-order valence-corrected chi connectivity index (χ2v) is 6.58. The summed E-state index contributed by atoms with van der Waals surface area (Å²) in [5.74, 6) is 1.84. The van der Waals surface area contributed by atoms with E-state index < -0.39 is 0 Å². The van der Waals surface area contributed by atoms with E-state index in [0.29, 0.717) is 18.8 Å². The summed E-state index contributed by atoms with van der Waals surface area (Å²) in [6.45, 7) is 6.84. The molecule has 3 rings (SSSR count). The van der Waals surface area contributed by atoms with E-state index >= 15 is 0 Å². The molecule has 0 atom stereocenters. The van der Waals surface area contributed by atoms with Crippen LogP contribution < -0.4 is 9.64 Å². The van der Waals surface area contributed by atoms with E-state index in [-0.39, 0.29) is 18.3 Å². The maximum Gasteiger partial charge on any atom is 0.260 e. The molecule has 0 saturated carbocycles. The molecule has 0 N–H and O–H groups in total. The SMILES string of the molecule is CCc1cnc(C)nc1N1CCCN(C(=O)COc2ccc(F)cc2)CC1. The molecule has 0 aliphatic carbocycles. The van der Waals surface area contributed by atoms with E-state index in [1.54, 1.807) is 0 Å². The van der Waals surface area contributed by atoms with Gasteiger partial charge in [-0.25, -0.2) is 14.4 Å². The van der Waals surface area contributed by atoms with Crippen LogP contribution in [0.4, 0.5) is 10.2 Å². The first kappa shape index (κ1) is 19.1. The lowest BCUT2D eigenvalue weighted by molar-refractivity contribution is -0.133. The normalized spacial score (nSPS) is 14.8. The van der Waals surface area contributed by atoms with Gasteiger partial charge in [-0.1, -0.05) is 6.92 Å². The smallest absolute Gasteiger partial charge is 0.260 e. The standard InChI is InChI=1S/C20H25FN4O2/c1-3-16-13-22-15(2)23-20(16)25-10-4-9-24(11-12-25)19(26)14-27-18-7-5-17(21)6-8-18/h5-8,13H,3-4,9-12,14H2,1-2H3. The summed E-state index contributed by atoms with van der Waals surface area (Å²) in [5.41, 5.74) is 1.13. The molecule has 6 nitrogen and oxygen atoms in total. The zero-order valence-electron chi connectivity index (χ0n) is 15.8. The van der Waals surface area contributed by atoms with Crippen LogP contribution in [0.2, 0.25) is 0 Å². The zero-order valence-corrected chi connectivity index (χ0v) is 15.8. The number of aromatic nitrogens is 2. The average Bonchev–Trinajstić information content (AvgIpc) is 2.93. The fraction of sp³-hybridized carbons (Fsp3) is 0.450. The van der Waals surface area contributed by atoms with Gasteiger partial charge in [0.25, 0.3) is 5.91 Å². The van der Waals surface area contributed by atoms with Gasteiger partial charge in [-0.05, 0) is 44.0 Å². The van der Waals surface area contributed by atoms with Gasteiger partial charge in [0.2, 0.25) is 0 Å². The highest BCUT2D eigenvalue weighted by atomic mass is 19.1. The summed E-state index contributed by atoms with van der Waals surface area (Å²) in [7, 11) is 0. The third-order valence-corrected chi connectivity index (χ3v) is 4.67. The molecule has 144 valence electrons. The van der Waals surface area contributed by atoms with Gasteiger partial charge >= 0.3 is 0 Å². The van der Waals surface area contributed by atoms with Gasteiger partial charge in [0, 0.05) is 37.9 Å². The van der Waals surface area contributed by atoms with Gasteiger partial charge < -0.3 is 14.5 Å². The van der Waals surface area contributed by atoms with Crippen LogP contribution in [0, 0.1) is 12.7 Å². The molecule has 0 radical (unpaired) electrons. The van der Waals surface area contributed by atoms with Crippen molar-refractivity contribution in [1.29, 1.82) is 0 Å². The Labute approximate surface area is 159 Å². The number of ether oxygens (including phenoxy) is 1. The largest absolute Gasteiger partial charge is 0.484 e. The lowest BCUT2D eigenvalue weighted by Gasteiger charge is -2.24. The van der Waals surface area contributed by atoms with Crippen molar-refractivity contribution in [3.05, 3.63) is 47.7 Å². The van der Waals surface area contributed by atoms with Crippen molar-refractivity contribution in [2.24, 2.45) is 0 Å². The highest BCUT2D eigenvalue weighted by Gasteiger charge is 2.21. The van der Waals surface area contributed by atoms with E-state index in [1.807, 2.05) is 18.0 Å². The van der Waals surface area contributed by atoms with Gasteiger partial charge in [-0.15, -0.1) is 0 Å². The maximum absolute atomic E-state index is 12.9. The Kier molecular flexibility index (Phi) is 6.21. The van der Waals surface area contributed by atoms with Crippen LogP contribution in [0.25, 0.3) is 0 Å². The fourth-order valence-electron chi connectivity index (χ4n) is 3.15. The minimum absolute atomic E-state index is 0.0432. The first-order valence-electron chi connectivity index (χ1n) is 9.30. The summed E-state index contributed by atoms with van der Waals surface area (Å²) in [4.78, 5) is 25.5. The number of carbonyl (C=O) groups excluding carboxylic acids is 1. The molecule has 2 aromatic rings. The lowest BCUT2D eigenvalue weighted by atomic mass is 10.2. The second kappa shape index (κ2) is 8.79. The van der Waals surface area contributed by atoms with Crippen molar-refractivity contribution < 1.29 is 13.9 Å². The molecule has 0 bridgehead atoms. The third-order valence-electron chi connectivity index (χ3n) is 4.67. The topological polar surface area (TPSA) is 58.6 Å². The molecule has 1 aliphatic heterocycles. The summed E-state index contributed by atoms with van der Waals surface area (Å²) >= 11 is 0. The van der Waals surface area contributed by atoms with Gasteiger partial charge in [-0.2, -0.15) is 0 Å². The number of amides is 1. The summed E-state index contributed by atoms with van der Waals surface area (Å²) in [6, 6.07) is 5.68. The minimum Gasteiger partial charge on any atom is -0.484 e. The first-order chi connectivity index (χ1) is 13.1. The molecule has 1 saturated heterocycles. The van der Waals surface area contributed by atoms with Crippen molar-refractivity contribution in [1.82, 2.24) is 14.9 Å². The molecule has 2 heterocycles. The average molecular weight is 372 g/mol. The zero-order chi connectivity index (χ0) is 19.2. The number of rotatable bonds is 5. The maximum atomic E-state index is 12.9. The van der Waals surface area contributed by atoms with Crippen LogP contribution in [0.15, 0.2) is 30.5 Å². The van der Waals surface area contributed by atoms with Crippen molar-refractivity contribution >= 4 is 11.7 Å². The van der Waals surface area contributed by atoms with Gasteiger partial charge in [0.05, 0.1) is 0 Å². The molecule has 1 aromatic carbocycles. The van der Waals surface area contributed by atoms with E-state index in [4.69, 9.17) is 4.74 Å². The predicted molar refractivity (Wildman–Crippen MR) is 101 cm³/mol. The molecule has 27 heavy (non-hydrogen) atoms. The molecular formula is C20H25FN4O2. The van der Waals surface area contributed by atoms with Gasteiger partial charge in [0.1, 0.15) is 23.2 Å². The summed E-state index contributed by atoms with van der Waals surface area (Å²) in [5, 5.41) is 0. The monoisotopic (exact) mass is 372 g/mol. The fourth-order valence-corrected chi connectivity index (χ4v) is 3.15. The molecule has 1 aliphatic rings. The Morgan fingerprint density at radius 3 is 2.70 bits per heavy atom. The Bertz CT molecular complexity index is 782. The summed E-state index contributed by atoms with van der Waals surface area (Å²) in [6.07, 6.45) is 3.64. The van der Waals surface area contributed by atoms with E-state index in [9.17, 15) is 9.18 Å². The van der Waals surface area contributed by atoms with Crippen molar-refractivity contribution in [3.63, 3.8) is 0 Å². The van der Waals surface area contributed by atoms with Gasteiger partial charge in [-0.3, -0.25) is 4.79 Å². The van der Waals surface area contributed by atoms with Crippen LogP contribution in [0.3, 0.4) is 0 Å². The van der Waals surface area contributed by atoms with Crippen molar-refractivity contribution in [2.75, 3.05) is 37.7 Å². The van der Waals surface area contributed by atoms with Crippen LogP contribution in [0.5, 0.6) is 5.75 Å². The van der Waals surface area contributed by atoms with Crippen molar-refractivity contribution in [2.45, 2.75) is 26.7 Å². The molecule has 0 unspecified atom stereocenters. The van der Waals surface area contributed by atoms with E-state index in [1.165, 1.54) is 24.3 Å². The number of benzene rings is 1. The molecule has 1 amide bonds. The first-order valence-corrected chi connectivity index (χ1v) is 9.30. The third kappa shape index (κ3) is 4.93. The number of carbonyl (C=O) groups is 1. The van der Waals surface area contributed by atoms with E-state index in [2.05, 4.69) is 21.8 Å². The Morgan fingerprint density at radius 2 is 1.96 bits per heavy atom. The molecule has 7 heteroatoms. The highest BCUT2D eigenvalue weighted by molar-refractivity contribution is 5.78. The van der Waals surface area contributed by atoms with E-state index in [0.717, 1.165) is 43.1 Å². The minimum atomic E-state index is -0.326. The number of anilines is 1. The van der Waals surface area contributed by atoms with Gasteiger partial charge in [0.15, 0.2) is 6.61 Å². The number of nitrogens with zero attached hydrogens (tertiary/aromatic N) is 4.